The normalized spacial score (nSPS) is 10.8. The van der Waals surface area contributed by atoms with Gasteiger partial charge in [0.05, 0.1) is 18.8 Å². The average Bonchev–Trinajstić information content (AvgIpc) is 3.14. The lowest BCUT2D eigenvalue weighted by molar-refractivity contribution is 0.102. The van der Waals surface area contributed by atoms with Gasteiger partial charge in [0, 0.05) is 24.4 Å². The van der Waals surface area contributed by atoms with Gasteiger partial charge in [-0.15, -0.1) is 0 Å². The first kappa shape index (κ1) is 13.2. The van der Waals surface area contributed by atoms with E-state index in [0.717, 1.165) is 11.9 Å². The lowest BCUT2D eigenvalue weighted by Gasteiger charge is -2.06. The number of benzene rings is 1. The van der Waals surface area contributed by atoms with Crippen LogP contribution in [0.15, 0.2) is 41.1 Å². The van der Waals surface area contributed by atoms with E-state index >= 15 is 0 Å². The molecule has 0 aliphatic carbocycles. The highest BCUT2D eigenvalue weighted by Crippen LogP contribution is 2.28. The molecular weight excluding hydrogens is 270 g/mol. The van der Waals surface area contributed by atoms with Gasteiger partial charge in [0.2, 0.25) is 0 Å². The molecule has 0 atom stereocenters. The Labute approximate surface area is 121 Å². The van der Waals surface area contributed by atoms with Gasteiger partial charge in [-0.3, -0.25) is 9.48 Å². The predicted octanol–water partition coefficient (Wildman–Crippen LogP) is 2.91. The fraction of sp³-hybridized carbons (Fsp3) is 0.200. The number of nitrogens with one attached hydrogen (secondary N) is 1. The third kappa shape index (κ3) is 2.47. The number of aryl methyl sites for hydroxylation is 1. The Hall–Kier alpha value is -2.76. The molecule has 0 fully saturated rings. The second kappa shape index (κ2) is 5.32. The summed E-state index contributed by atoms with van der Waals surface area (Å²) in [7, 11) is 1.56. The zero-order valence-corrected chi connectivity index (χ0v) is 11.8. The number of methoxy groups -OCH3 is 1. The molecule has 6 heteroatoms. The van der Waals surface area contributed by atoms with E-state index in [9.17, 15) is 4.79 Å². The predicted molar refractivity (Wildman–Crippen MR) is 78.6 cm³/mol. The minimum Gasteiger partial charge on any atom is -0.496 e. The minimum absolute atomic E-state index is 0.257. The van der Waals surface area contributed by atoms with Gasteiger partial charge >= 0.3 is 0 Å². The van der Waals surface area contributed by atoms with Gasteiger partial charge in [-0.2, -0.15) is 5.10 Å². The number of rotatable bonds is 4. The van der Waals surface area contributed by atoms with E-state index in [1.54, 1.807) is 42.3 Å². The minimum atomic E-state index is -0.257. The monoisotopic (exact) mass is 285 g/mol. The molecule has 2 heterocycles. The van der Waals surface area contributed by atoms with Crippen LogP contribution in [0, 0.1) is 0 Å². The summed E-state index contributed by atoms with van der Waals surface area (Å²) in [6, 6.07) is 6.93. The van der Waals surface area contributed by atoms with Gasteiger partial charge in [-0.05, 0) is 25.1 Å². The van der Waals surface area contributed by atoms with Gasteiger partial charge in [0.25, 0.3) is 5.91 Å². The van der Waals surface area contributed by atoms with Crippen molar-refractivity contribution in [2.45, 2.75) is 13.5 Å². The van der Waals surface area contributed by atoms with Gasteiger partial charge in [-0.25, -0.2) is 0 Å². The quantitative estimate of drug-likeness (QED) is 0.800. The number of hydrogen-bond donors (Lipinski definition) is 1. The van der Waals surface area contributed by atoms with Crippen molar-refractivity contribution >= 4 is 22.7 Å². The summed E-state index contributed by atoms with van der Waals surface area (Å²) in [5, 5.41) is 7.81. The maximum absolute atomic E-state index is 12.3. The van der Waals surface area contributed by atoms with Crippen LogP contribution in [0.25, 0.3) is 11.0 Å². The number of carbonyl (C=O) groups excluding carboxylic acids is 1. The summed E-state index contributed by atoms with van der Waals surface area (Å²) >= 11 is 0. The molecule has 0 aliphatic heterocycles. The van der Waals surface area contributed by atoms with Gasteiger partial charge in [-0.1, -0.05) is 0 Å². The van der Waals surface area contributed by atoms with Crippen LogP contribution >= 0.6 is 0 Å². The van der Waals surface area contributed by atoms with Gasteiger partial charge in [0.1, 0.15) is 11.3 Å². The summed E-state index contributed by atoms with van der Waals surface area (Å²) in [5.74, 6) is 0.860. The fourth-order valence-electron chi connectivity index (χ4n) is 2.13. The molecule has 0 aliphatic rings. The van der Waals surface area contributed by atoms with E-state index in [4.69, 9.17) is 9.15 Å². The fourth-order valence-corrected chi connectivity index (χ4v) is 2.13. The highest BCUT2D eigenvalue weighted by atomic mass is 16.5. The van der Waals surface area contributed by atoms with Gasteiger partial charge in [0.15, 0.2) is 5.82 Å². The van der Waals surface area contributed by atoms with Crippen molar-refractivity contribution in [2.75, 3.05) is 12.4 Å². The zero-order valence-electron chi connectivity index (χ0n) is 11.8. The Balaban J connectivity index is 1.90. The van der Waals surface area contributed by atoms with Crippen molar-refractivity contribution in [1.29, 1.82) is 0 Å². The highest BCUT2D eigenvalue weighted by Gasteiger charge is 2.13. The van der Waals surface area contributed by atoms with E-state index in [1.807, 2.05) is 13.1 Å². The number of nitrogens with zero attached hydrogens (tertiary/aromatic N) is 2. The molecule has 3 aromatic rings. The lowest BCUT2D eigenvalue weighted by atomic mass is 10.1. The Bertz CT molecular complexity index is 788. The van der Waals surface area contributed by atoms with Gasteiger partial charge < -0.3 is 14.5 Å². The SMILES string of the molecule is CCn1ccc(NC(=O)c2cc(OC)c3ccoc3c2)n1. The van der Waals surface area contributed by atoms with Crippen molar-refractivity contribution in [3.8, 4) is 5.75 Å². The second-order valence-corrected chi connectivity index (χ2v) is 4.52. The molecule has 21 heavy (non-hydrogen) atoms. The first-order valence-corrected chi connectivity index (χ1v) is 6.61. The Morgan fingerprint density at radius 1 is 1.43 bits per heavy atom. The summed E-state index contributed by atoms with van der Waals surface area (Å²) in [4.78, 5) is 12.3. The number of aromatic nitrogens is 2. The molecule has 108 valence electrons. The van der Waals surface area contributed by atoms with Crippen LogP contribution < -0.4 is 10.1 Å². The van der Waals surface area contributed by atoms with Crippen LogP contribution in [0.2, 0.25) is 0 Å². The van der Waals surface area contributed by atoms with Crippen molar-refractivity contribution in [1.82, 2.24) is 9.78 Å². The van der Waals surface area contributed by atoms with Crippen molar-refractivity contribution in [2.24, 2.45) is 0 Å². The molecule has 1 N–H and O–H groups in total. The molecule has 6 nitrogen and oxygen atoms in total. The standard InChI is InChI=1S/C15H15N3O3/c1-3-18-6-4-14(17-18)16-15(19)10-8-12(20-2)11-5-7-21-13(11)9-10/h4-9H,3H2,1-2H3,(H,16,17,19). The van der Waals surface area contributed by atoms with Crippen LogP contribution in [0.1, 0.15) is 17.3 Å². The van der Waals surface area contributed by atoms with Crippen LogP contribution in [0.4, 0.5) is 5.82 Å². The van der Waals surface area contributed by atoms with Crippen LogP contribution in [0.5, 0.6) is 5.75 Å². The number of hydrogen-bond acceptors (Lipinski definition) is 4. The second-order valence-electron chi connectivity index (χ2n) is 4.52. The van der Waals surface area contributed by atoms with E-state index in [1.165, 1.54) is 0 Å². The smallest absolute Gasteiger partial charge is 0.257 e. The Kier molecular flexibility index (Phi) is 3.35. The van der Waals surface area contributed by atoms with E-state index in [0.29, 0.717) is 22.7 Å². The number of fused-ring (bicyclic) bond motifs is 1. The molecule has 2 aromatic heterocycles. The first-order valence-electron chi connectivity index (χ1n) is 6.61. The number of amides is 1. The van der Waals surface area contributed by atoms with E-state index in [-0.39, 0.29) is 5.91 Å². The van der Waals surface area contributed by atoms with Crippen LogP contribution in [-0.4, -0.2) is 22.8 Å². The number of anilines is 1. The molecular formula is C15H15N3O3. The topological polar surface area (TPSA) is 69.3 Å². The summed E-state index contributed by atoms with van der Waals surface area (Å²) in [5.41, 5.74) is 1.07. The maximum atomic E-state index is 12.3. The number of ether oxygens (including phenoxy) is 1. The average molecular weight is 285 g/mol. The van der Waals surface area contributed by atoms with Crippen molar-refractivity contribution in [3.05, 3.63) is 42.3 Å². The zero-order chi connectivity index (χ0) is 14.8. The molecule has 0 saturated heterocycles. The molecule has 1 amide bonds. The third-order valence-corrected chi connectivity index (χ3v) is 3.22. The summed E-state index contributed by atoms with van der Waals surface area (Å²) in [6.07, 6.45) is 3.38. The summed E-state index contributed by atoms with van der Waals surface area (Å²) < 4.78 is 12.4. The molecule has 1 aromatic carbocycles. The highest BCUT2D eigenvalue weighted by molar-refractivity contribution is 6.06. The number of furan rings is 1. The largest absolute Gasteiger partial charge is 0.496 e. The Morgan fingerprint density at radius 3 is 3.00 bits per heavy atom. The summed E-state index contributed by atoms with van der Waals surface area (Å²) in [6.45, 7) is 2.73. The van der Waals surface area contributed by atoms with E-state index in [2.05, 4.69) is 10.4 Å². The lowest BCUT2D eigenvalue weighted by Crippen LogP contribution is -2.12. The molecule has 0 saturated carbocycles. The van der Waals surface area contributed by atoms with Crippen molar-refractivity contribution in [3.63, 3.8) is 0 Å². The number of carbonyl (C=O) groups is 1. The van der Waals surface area contributed by atoms with E-state index < -0.39 is 0 Å². The molecule has 0 spiro atoms. The van der Waals surface area contributed by atoms with Crippen LogP contribution in [0.3, 0.4) is 0 Å². The molecule has 0 unspecified atom stereocenters. The Morgan fingerprint density at radius 2 is 2.29 bits per heavy atom. The first-order chi connectivity index (χ1) is 10.2. The maximum Gasteiger partial charge on any atom is 0.257 e. The molecule has 0 radical (unpaired) electrons. The van der Waals surface area contributed by atoms with Crippen molar-refractivity contribution < 1.29 is 13.9 Å². The third-order valence-electron chi connectivity index (χ3n) is 3.22. The van der Waals surface area contributed by atoms with Crippen LogP contribution in [-0.2, 0) is 6.54 Å². The molecule has 3 rings (SSSR count). The molecule has 0 bridgehead atoms.